The number of likely N-dealkylation sites (N-methyl/N-ethyl adjacent to an activating group) is 2. The van der Waals surface area contributed by atoms with Crippen molar-refractivity contribution in [1.29, 1.82) is 0 Å². The van der Waals surface area contributed by atoms with Crippen LogP contribution in [0.15, 0.2) is 29.2 Å². The molecule has 106 valence electrons. The fourth-order valence-electron chi connectivity index (χ4n) is 1.51. The molecule has 0 spiro atoms. The molecule has 1 amide bonds. The minimum absolute atomic E-state index is 0.171. The zero-order valence-corrected chi connectivity index (χ0v) is 13.3. The Kier molecular flexibility index (Phi) is 5.96. The lowest BCUT2D eigenvalue weighted by Gasteiger charge is -2.19. The van der Waals surface area contributed by atoms with Gasteiger partial charge in [-0.25, -0.2) is 8.42 Å². The second-order valence-electron chi connectivity index (χ2n) is 3.88. The number of sulfonamides is 1. The highest BCUT2D eigenvalue weighted by molar-refractivity contribution is 9.08. The first-order valence-electron chi connectivity index (χ1n) is 5.81. The summed E-state index contributed by atoms with van der Waals surface area (Å²) in [6, 6.07) is 6.60. The quantitative estimate of drug-likeness (QED) is 0.788. The van der Waals surface area contributed by atoms with Gasteiger partial charge in [-0.15, -0.1) is 0 Å². The van der Waals surface area contributed by atoms with Crippen LogP contribution in [-0.4, -0.2) is 38.8 Å². The van der Waals surface area contributed by atoms with Gasteiger partial charge in [-0.3, -0.25) is 4.79 Å². The van der Waals surface area contributed by atoms with E-state index in [2.05, 4.69) is 21.2 Å². The Morgan fingerprint density at radius 1 is 1.32 bits per heavy atom. The van der Waals surface area contributed by atoms with Gasteiger partial charge in [-0.1, -0.05) is 35.0 Å². The predicted octanol–water partition coefficient (Wildman–Crippen LogP) is 1.34. The molecule has 0 aliphatic carbocycles. The smallest absolute Gasteiger partial charge is 0.243 e. The molecule has 0 aromatic heterocycles. The molecule has 0 heterocycles. The van der Waals surface area contributed by atoms with Crippen LogP contribution >= 0.6 is 15.9 Å². The third kappa shape index (κ3) is 4.02. The van der Waals surface area contributed by atoms with Crippen molar-refractivity contribution in [3.63, 3.8) is 0 Å². The molecule has 0 unspecified atom stereocenters. The highest BCUT2D eigenvalue weighted by Gasteiger charge is 2.24. The summed E-state index contributed by atoms with van der Waals surface area (Å²) in [5.74, 6) is -0.331. The summed E-state index contributed by atoms with van der Waals surface area (Å²) in [5.41, 5.74) is 0.994. The molecular formula is C12H17BrN2O3S. The number of hydrogen-bond donors (Lipinski definition) is 1. The number of nitrogens with zero attached hydrogens (tertiary/aromatic N) is 1. The van der Waals surface area contributed by atoms with Gasteiger partial charge in [-0.2, -0.15) is 4.31 Å². The van der Waals surface area contributed by atoms with E-state index in [1.807, 2.05) is 0 Å². The summed E-state index contributed by atoms with van der Waals surface area (Å²) in [4.78, 5) is 11.5. The second-order valence-corrected chi connectivity index (χ2v) is 6.38. The topological polar surface area (TPSA) is 66.5 Å². The summed E-state index contributed by atoms with van der Waals surface area (Å²) in [7, 11) is -2.14. The number of amides is 1. The van der Waals surface area contributed by atoms with Crippen LogP contribution in [0.5, 0.6) is 0 Å². The molecule has 0 bridgehead atoms. The first-order chi connectivity index (χ1) is 8.95. The first-order valence-corrected chi connectivity index (χ1v) is 8.37. The number of rotatable bonds is 6. The van der Waals surface area contributed by atoms with Crippen LogP contribution in [0.1, 0.15) is 12.5 Å². The van der Waals surface area contributed by atoms with Crippen LogP contribution in [0.3, 0.4) is 0 Å². The van der Waals surface area contributed by atoms with Gasteiger partial charge < -0.3 is 5.32 Å². The van der Waals surface area contributed by atoms with E-state index in [0.717, 1.165) is 9.87 Å². The monoisotopic (exact) mass is 348 g/mol. The Morgan fingerprint density at radius 3 is 2.32 bits per heavy atom. The van der Waals surface area contributed by atoms with Crippen molar-refractivity contribution < 1.29 is 13.2 Å². The third-order valence-corrected chi connectivity index (χ3v) is 5.25. The van der Waals surface area contributed by atoms with Crippen molar-refractivity contribution in [3.8, 4) is 0 Å². The zero-order valence-electron chi connectivity index (χ0n) is 10.9. The standard InChI is InChI=1S/C12H17BrN2O3S/c1-3-15(9-12(16)14-2)19(17,18)11-6-4-10(8-13)5-7-11/h4-7H,3,8-9H2,1-2H3,(H,14,16). The highest BCUT2D eigenvalue weighted by atomic mass is 79.9. The number of halogens is 1. The molecule has 0 radical (unpaired) electrons. The molecule has 1 N–H and O–H groups in total. The lowest BCUT2D eigenvalue weighted by molar-refractivity contribution is -0.120. The van der Waals surface area contributed by atoms with E-state index in [0.29, 0.717) is 5.33 Å². The highest BCUT2D eigenvalue weighted by Crippen LogP contribution is 2.17. The third-order valence-electron chi connectivity index (χ3n) is 2.67. The van der Waals surface area contributed by atoms with Gasteiger partial charge >= 0.3 is 0 Å². The maximum Gasteiger partial charge on any atom is 0.243 e. The molecule has 5 nitrogen and oxygen atoms in total. The van der Waals surface area contributed by atoms with E-state index in [-0.39, 0.29) is 23.9 Å². The Balaban J connectivity index is 3.02. The van der Waals surface area contributed by atoms with Gasteiger partial charge in [0.1, 0.15) is 0 Å². The minimum atomic E-state index is -3.62. The van der Waals surface area contributed by atoms with Crippen LogP contribution in [0.4, 0.5) is 0 Å². The predicted molar refractivity (Wildman–Crippen MR) is 77.6 cm³/mol. The van der Waals surface area contributed by atoms with E-state index in [1.165, 1.54) is 7.05 Å². The van der Waals surface area contributed by atoms with Crippen LogP contribution in [0.2, 0.25) is 0 Å². The Hall–Kier alpha value is -0.920. The molecule has 19 heavy (non-hydrogen) atoms. The molecule has 0 fully saturated rings. The lowest BCUT2D eigenvalue weighted by Crippen LogP contribution is -2.39. The Bertz CT molecular complexity index is 528. The Morgan fingerprint density at radius 2 is 1.89 bits per heavy atom. The molecule has 7 heteroatoms. The van der Waals surface area contributed by atoms with E-state index in [4.69, 9.17) is 0 Å². The van der Waals surface area contributed by atoms with Crippen molar-refractivity contribution in [1.82, 2.24) is 9.62 Å². The van der Waals surface area contributed by atoms with Crippen LogP contribution in [0.25, 0.3) is 0 Å². The molecule has 0 aliphatic rings. The number of alkyl halides is 1. The maximum absolute atomic E-state index is 12.3. The minimum Gasteiger partial charge on any atom is -0.358 e. The van der Waals surface area contributed by atoms with Gasteiger partial charge in [-0.05, 0) is 17.7 Å². The molecule has 0 aliphatic heterocycles. The molecule has 0 saturated carbocycles. The van der Waals surface area contributed by atoms with Crippen molar-refractivity contribution in [2.45, 2.75) is 17.1 Å². The number of hydrogen-bond acceptors (Lipinski definition) is 3. The molecule has 1 aromatic carbocycles. The Labute approximate surface area is 122 Å². The average Bonchev–Trinajstić information content (AvgIpc) is 2.44. The maximum atomic E-state index is 12.3. The molecular weight excluding hydrogens is 332 g/mol. The second kappa shape index (κ2) is 7.02. The molecule has 0 saturated heterocycles. The lowest BCUT2D eigenvalue weighted by atomic mass is 10.2. The van der Waals surface area contributed by atoms with Crippen molar-refractivity contribution in [2.75, 3.05) is 20.1 Å². The van der Waals surface area contributed by atoms with Gasteiger partial charge in [0.25, 0.3) is 0 Å². The van der Waals surface area contributed by atoms with Gasteiger partial charge in [0.2, 0.25) is 15.9 Å². The van der Waals surface area contributed by atoms with Crippen LogP contribution in [0, 0.1) is 0 Å². The van der Waals surface area contributed by atoms with Gasteiger partial charge in [0.15, 0.2) is 0 Å². The normalized spacial score (nSPS) is 11.6. The summed E-state index contributed by atoms with van der Waals surface area (Å²) in [5, 5.41) is 3.09. The fraction of sp³-hybridized carbons (Fsp3) is 0.417. The number of carbonyl (C=O) groups is 1. The number of nitrogens with one attached hydrogen (secondary N) is 1. The zero-order chi connectivity index (χ0) is 14.5. The summed E-state index contributed by atoms with van der Waals surface area (Å²) in [6.45, 7) is 1.78. The molecule has 1 rings (SSSR count). The van der Waals surface area contributed by atoms with Gasteiger partial charge in [0, 0.05) is 18.9 Å². The molecule has 0 atom stereocenters. The summed E-state index contributed by atoms with van der Waals surface area (Å²) < 4.78 is 25.8. The largest absolute Gasteiger partial charge is 0.358 e. The van der Waals surface area contributed by atoms with Crippen LogP contribution in [-0.2, 0) is 20.1 Å². The molecule has 1 aromatic rings. The van der Waals surface area contributed by atoms with Crippen molar-refractivity contribution >= 4 is 31.9 Å². The van der Waals surface area contributed by atoms with Crippen LogP contribution < -0.4 is 5.32 Å². The van der Waals surface area contributed by atoms with E-state index >= 15 is 0 Å². The number of carbonyl (C=O) groups excluding carboxylic acids is 1. The first kappa shape index (κ1) is 16.1. The average molecular weight is 349 g/mol. The summed E-state index contributed by atoms with van der Waals surface area (Å²) >= 11 is 3.30. The summed E-state index contributed by atoms with van der Waals surface area (Å²) in [6.07, 6.45) is 0. The van der Waals surface area contributed by atoms with E-state index in [9.17, 15) is 13.2 Å². The SMILES string of the molecule is CCN(CC(=O)NC)S(=O)(=O)c1ccc(CBr)cc1. The van der Waals surface area contributed by atoms with Crippen molar-refractivity contribution in [3.05, 3.63) is 29.8 Å². The number of benzene rings is 1. The van der Waals surface area contributed by atoms with Crippen molar-refractivity contribution in [2.24, 2.45) is 0 Å². The fourth-order valence-corrected chi connectivity index (χ4v) is 3.28. The van der Waals surface area contributed by atoms with Gasteiger partial charge in [0.05, 0.1) is 11.4 Å². The van der Waals surface area contributed by atoms with E-state index in [1.54, 1.807) is 31.2 Å². The van der Waals surface area contributed by atoms with E-state index < -0.39 is 10.0 Å².